The van der Waals surface area contributed by atoms with Crippen molar-refractivity contribution >= 4 is 5.97 Å². The number of carboxylic acids is 1. The van der Waals surface area contributed by atoms with E-state index in [1.807, 2.05) is 0 Å². The highest BCUT2D eigenvalue weighted by Gasteiger charge is 2.46. The third-order valence-corrected chi connectivity index (χ3v) is 4.06. The SMILES string of the molecule is NC1(C(O)C2CCCCC2O)CCC=C(C(=O)O)O1. The van der Waals surface area contributed by atoms with Crippen LogP contribution in [-0.2, 0) is 9.53 Å². The quantitative estimate of drug-likeness (QED) is 0.588. The van der Waals surface area contributed by atoms with Gasteiger partial charge in [-0.15, -0.1) is 0 Å². The smallest absolute Gasteiger partial charge is 0.370 e. The van der Waals surface area contributed by atoms with Crippen LogP contribution in [0.1, 0.15) is 38.5 Å². The first kappa shape index (κ1) is 14.3. The Kier molecular flexibility index (Phi) is 4.13. The zero-order valence-corrected chi connectivity index (χ0v) is 10.8. The van der Waals surface area contributed by atoms with Crippen LogP contribution in [0.3, 0.4) is 0 Å². The summed E-state index contributed by atoms with van der Waals surface area (Å²) in [7, 11) is 0. The van der Waals surface area contributed by atoms with Crippen molar-refractivity contribution in [1.82, 2.24) is 0 Å². The molecule has 0 radical (unpaired) electrons. The first-order valence-corrected chi connectivity index (χ1v) is 6.71. The summed E-state index contributed by atoms with van der Waals surface area (Å²) in [6, 6.07) is 0. The lowest BCUT2D eigenvalue weighted by molar-refractivity contribution is -0.163. The topological polar surface area (TPSA) is 113 Å². The van der Waals surface area contributed by atoms with Gasteiger partial charge in [-0.1, -0.05) is 12.8 Å². The summed E-state index contributed by atoms with van der Waals surface area (Å²) in [5.74, 6) is -1.77. The molecule has 1 saturated carbocycles. The monoisotopic (exact) mass is 271 g/mol. The Labute approximate surface area is 111 Å². The summed E-state index contributed by atoms with van der Waals surface area (Å²) in [4.78, 5) is 10.9. The van der Waals surface area contributed by atoms with Crippen molar-refractivity contribution in [3.05, 3.63) is 11.8 Å². The summed E-state index contributed by atoms with van der Waals surface area (Å²) in [6.07, 6.45) is 3.75. The van der Waals surface area contributed by atoms with Crippen molar-refractivity contribution in [2.24, 2.45) is 11.7 Å². The lowest BCUT2D eigenvalue weighted by Crippen LogP contribution is -2.59. The Morgan fingerprint density at radius 1 is 1.47 bits per heavy atom. The number of carbonyl (C=O) groups is 1. The second-order valence-corrected chi connectivity index (χ2v) is 5.43. The fourth-order valence-electron chi connectivity index (χ4n) is 2.94. The number of aliphatic hydroxyl groups is 2. The van der Waals surface area contributed by atoms with E-state index in [0.29, 0.717) is 25.7 Å². The maximum absolute atomic E-state index is 10.9. The molecule has 1 aliphatic carbocycles. The normalized spacial score (nSPS) is 37.1. The Morgan fingerprint density at radius 2 is 2.16 bits per heavy atom. The van der Waals surface area contributed by atoms with Crippen LogP contribution >= 0.6 is 0 Å². The van der Waals surface area contributed by atoms with E-state index < -0.39 is 23.9 Å². The van der Waals surface area contributed by atoms with Crippen molar-refractivity contribution in [3.8, 4) is 0 Å². The Bertz CT molecular complexity index is 383. The van der Waals surface area contributed by atoms with E-state index in [-0.39, 0.29) is 11.7 Å². The van der Waals surface area contributed by atoms with Crippen molar-refractivity contribution in [3.63, 3.8) is 0 Å². The number of ether oxygens (including phenoxy) is 1. The molecule has 2 rings (SSSR count). The molecular weight excluding hydrogens is 250 g/mol. The highest BCUT2D eigenvalue weighted by Crippen LogP contribution is 2.35. The Morgan fingerprint density at radius 3 is 2.79 bits per heavy atom. The van der Waals surface area contributed by atoms with Crippen LogP contribution in [0, 0.1) is 5.92 Å². The zero-order chi connectivity index (χ0) is 14.0. The predicted molar refractivity (Wildman–Crippen MR) is 66.9 cm³/mol. The number of allylic oxidation sites excluding steroid dienone is 1. The molecule has 0 spiro atoms. The standard InChI is InChI=1S/C13H21NO5/c14-13(7-3-6-10(19-13)12(17)18)11(16)8-4-1-2-5-9(8)15/h6,8-9,11,15-16H,1-5,7,14H2,(H,17,18). The first-order valence-electron chi connectivity index (χ1n) is 6.71. The van der Waals surface area contributed by atoms with Gasteiger partial charge < -0.3 is 20.1 Å². The maximum Gasteiger partial charge on any atom is 0.370 e. The number of rotatable bonds is 3. The predicted octanol–water partition coefficient (Wildman–Crippen LogP) is 0.332. The lowest BCUT2D eigenvalue weighted by Gasteiger charge is -2.42. The van der Waals surface area contributed by atoms with Crippen LogP contribution in [-0.4, -0.2) is 39.2 Å². The van der Waals surface area contributed by atoms with Gasteiger partial charge in [0.25, 0.3) is 0 Å². The van der Waals surface area contributed by atoms with Crippen LogP contribution in [0.25, 0.3) is 0 Å². The molecule has 0 aromatic rings. The molecule has 0 amide bonds. The minimum atomic E-state index is -1.43. The Balaban J connectivity index is 2.11. The first-order chi connectivity index (χ1) is 8.94. The number of carboxylic acid groups (broad SMARTS) is 1. The molecule has 108 valence electrons. The lowest BCUT2D eigenvalue weighted by atomic mass is 9.78. The van der Waals surface area contributed by atoms with E-state index in [4.69, 9.17) is 15.6 Å². The van der Waals surface area contributed by atoms with Gasteiger partial charge in [-0.25, -0.2) is 4.79 Å². The van der Waals surface area contributed by atoms with Gasteiger partial charge in [0.05, 0.1) is 6.10 Å². The largest absolute Gasteiger partial charge is 0.475 e. The molecule has 0 saturated heterocycles. The molecule has 0 bridgehead atoms. The minimum Gasteiger partial charge on any atom is -0.475 e. The third-order valence-electron chi connectivity index (χ3n) is 4.06. The van der Waals surface area contributed by atoms with Crippen LogP contribution in [0.4, 0.5) is 0 Å². The van der Waals surface area contributed by atoms with Gasteiger partial charge in [0, 0.05) is 12.3 Å². The van der Waals surface area contributed by atoms with Crippen LogP contribution in [0.5, 0.6) is 0 Å². The average Bonchev–Trinajstić information content (AvgIpc) is 2.38. The van der Waals surface area contributed by atoms with E-state index in [9.17, 15) is 15.0 Å². The van der Waals surface area contributed by atoms with Gasteiger partial charge >= 0.3 is 5.97 Å². The number of nitrogens with two attached hydrogens (primary N) is 1. The van der Waals surface area contributed by atoms with E-state index in [0.717, 1.165) is 12.8 Å². The Hall–Kier alpha value is -1.11. The third kappa shape index (κ3) is 2.91. The van der Waals surface area contributed by atoms with Crippen molar-refractivity contribution < 1.29 is 24.9 Å². The van der Waals surface area contributed by atoms with Gasteiger partial charge in [0.15, 0.2) is 5.72 Å². The molecule has 1 heterocycles. The summed E-state index contributed by atoms with van der Waals surface area (Å²) < 4.78 is 5.28. The molecule has 6 nitrogen and oxygen atoms in total. The zero-order valence-electron chi connectivity index (χ0n) is 10.8. The molecule has 4 unspecified atom stereocenters. The van der Waals surface area contributed by atoms with Crippen molar-refractivity contribution in [2.45, 2.75) is 56.5 Å². The molecule has 0 aromatic heterocycles. The molecule has 1 fully saturated rings. The number of aliphatic carboxylic acids is 1. The van der Waals surface area contributed by atoms with Gasteiger partial charge in [-0.05, 0) is 25.3 Å². The molecule has 5 N–H and O–H groups in total. The van der Waals surface area contributed by atoms with Gasteiger partial charge in [-0.2, -0.15) is 0 Å². The number of hydrogen-bond donors (Lipinski definition) is 4. The highest BCUT2D eigenvalue weighted by atomic mass is 16.5. The summed E-state index contributed by atoms with van der Waals surface area (Å²) in [6.45, 7) is 0. The fraction of sp³-hybridized carbons (Fsp3) is 0.769. The van der Waals surface area contributed by atoms with Gasteiger partial charge in [-0.3, -0.25) is 5.73 Å². The van der Waals surface area contributed by atoms with Crippen molar-refractivity contribution in [1.29, 1.82) is 0 Å². The van der Waals surface area contributed by atoms with Crippen LogP contribution in [0.2, 0.25) is 0 Å². The highest BCUT2D eigenvalue weighted by molar-refractivity contribution is 5.84. The van der Waals surface area contributed by atoms with Gasteiger partial charge in [0.2, 0.25) is 5.76 Å². The molecule has 4 atom stereocenters. The molecular formula is C13H21NO5. The molecule has 19 heavy (non-hydrogen) atoms. The summed E-state index contributed by atoms with van der Waals surface area (Å²) >= 11 is 0. The number of hydrogen-bond acceptors (Lipinski definition) is 5. The van der Waals surface area contributed by atoms with E-state index in [2.05, 4.69) is 0 Å². The summed E-state index contributed by atoms with van der Waals surface area (Å²) in [5.41, 5.74) is 4.61. The molecule has 1 aliphatic heterocycles. The number of aliphatic hydroxyl groups excluding tert-OH is 2. The molecule has 6 heteroatoms. The fourth-order valence-corrected chi connectivity index (χ4v) is 2.94. The van der Waals surface area contributed by atoms with Gasteiger partial charge in [0.1, 0.15) is 6.10 Å². The summed E-state index contributed by atoms with van der Waals surface area (Å²) in [5, 5.41) is 29.3. The molecule has 0 aromatic carbocycles. The van der Waals surface area contributed by atoms with Crippen molar-refractivity contribution in [2.75, 3.05) is 0 Å². The van der Waals surface area contributed by atoms with Crippen LogP contribution < -0.4 is 5.73 Å². The van der Waals surface area contributed by atoms with E-state index in [1.165, 1.54) is 6.08 Å². The van der Waals surface area contributed by atoms with E-state index >= 15 is 0 Å². The average molecular weight is 271 g/mol. The van der Waals surface area contributed by atoms with Crippen LogP contribution in [0.15, 0.2) is 11.8 Å². The second-order valence-electron chi connectivity index (χ2n) is 5.43. The maximum atomic E-state index is 10.9. The minimum absolute atomic E-state index is 0.224. The van der Waals surface area contributed by atoms with E-state index in [1.54, 1.807) is 0 Å². The molecule has 2 aliphatic rings. The second kappa shape index (κ2) is 5.48.